The van der Waals surface area contributed by atoms with Gasteiger partial charge in [-0.05, 0) is 30.5 Å². The van der Waals surface area contributed by atoms with Gasteiger partial charge >= 0.3 is 0 Å². The molecule has 112 valence electrons. The van der Waals surface area contributed by atoms with E-state index in [1.807, 2.05) is 13.8 Å². The Hall–Kier alpha value is -0.880. The first kappa shape index (κ1) is 17.2. The molecule has 0 bridgehead atoms. The van der Waals surface area contributed by atoms with Crippen molar-refractivity contribution in [3.63, 3.8) is 0 Å². The zero-order valence-electron chi connectivity index (χ0n) is 11.9. The number of carbonyl (C=O) groups excluding carboxylic acids is 1. The zero-order chi connectivity index (χ0) is 15.3. The summed E-state index contributed by atoms with van der Waals surface area (Å²) in [6.07, 6.45) is 1.96. The number of nitrogens with one attached hydrogen (secondary N) is 1. The van der Waals surface area contributed by atoms with Crippen LogP contribution in [0, 0.1) is 5.92 Å². The van der Waals surface area contributed by atoms with Crippen molar-refractivity contribution in [1.29, 1.82) is 0 Å². The van der Waals surface area contributed by atoms with Gasteiger partial charge in [-0.15, -0.1) is 0 Å². The van der Waals surface area contributed by atoms with Gasteiger partial charge in [0, 0.05) is 23.2 Å². The van der Waals surface area contributed by atoms with E-state index in [0.29, 0.717) is 11.5 Å². The maximum Gasteiger partial charge on any atom is 0.251 e. The van der Waals surface area contributed by atoms with Crippen molar-refractivity contribution >= 4 is 31.7 Å². The summed E-state index contributed by atoms with van der Waals surface area (Å²) in [4.78, 5) is 12.4. The molecule has 1 aromatic carbocycles. The first-order valence-corrected chi connectivity index (χ1v) is 9.44. The molecule has 0 radical (unpaired) electrons. The van der Waals surface area contributed by atoms with E-state index in [4.69, 9.17) is 0 Å². The average molecular weight is 362 g/mol. The van der Waals surface area contributed by atoms with E-state index in [1.54, 1.807) is 12.1 Å². The van der Waals surface area contributed by atoms with E-state index in [9.17, 15) is 13.2 Å². The van der Waals surface area contributed by atoms with Gasteiger partial charge < -0.3 is 5.32 Å². The van der Waals surface area contributed by atoms with E-state index in [-0.39, 0.29) is 16.8 Å². The summed E-state index contributed by atoms with van der Waals surface area (Å²) in [5, 5.41) is 3.75. The Morgan fingerprint density at radius 3 is 2.50 bits per heavy atom. The summed E-state index contributed by atoms with van der Waals surface area (Å²) in [7, 11) is -3.30. The monoisotopic (exact) mass is 361 g/mol. The minimum absolute atomic E-state index is 0.0590. The van der Waals surface area contributed by atoms with Gasteiger partial charge in [-0.3, -0.25) is 4.79 Å². The first-order valence-electron chi connectivity index (χ1n) is 6.42. The van der Waals surface area contributed by atoms with Crippen molar-refractivity contribution in [1.82, 2.24) is 5.32 Å². The van der Waals surface area contributed by atoms with Gasteiger partial charge in [0.1, 0.15) is 0 Å². The number of alkyl halides is 1. The molecule has 1 amide bonds. The summed E-state index contributed by atoms with van der Waals surface area (Å²) < 4.78 is 23.0. The molecule has 6 heteroatoms. The number of benzene rings is 1. The lowest BCUT2D eigenvalue weighted by Crippen LogP contribution is -2.38. The van der Waals surface area contributed by atoms with Crippen LogP contribution >= 0.6 is 15.9 Å². The highest BCUT2D eigenvalue weighted by Gasteiger charge is 2.17. The Balaban J connectivity index is 2.92. The van der Waals surface area contributed by atoms with Crippen molar-refractivity contribution in [2.75, 3.05) is 11.6 Å². The topological polar surface area (TPSA) is 63.2 Å². The summed E-state index contributed by atoms with van der Waals surface area (Å²) in [5.74, 6) is 0.0738. The molecule has 0 aliphatic rings. The van der Waals surface area contributed by atoms with Crippen molar-refractivity contribution in [3.8, 4) is 0 Å². The molecular formula is C14H20BrNO3S. The molecule has 20 heavy (non-hydrogen) atoms. The molecule has 1 atom stereocenters. The molecule has 1 unspecified atom stereocenters. The van der Waals surface area contributed by atoms with E-state index < -0.39 is 9.84 Å². The summed E-state index contributed by atoms with van der Waals surface area (Å²) in [6, 6.07) is 6.17. The fourth-order valence-electron chi connectivity index (χ4n) is 1.81. The predicted molar refractivity (Wildman–Crippen MR) is 84.1 cm³/mol. The molecule has 0 spiro atoms. The average Bonchev–Trinajstić information content (AvgIpc) is 2.37. The fraction of sp³-hybridized carbons (Fsp3) is 0.500. The highest BCUT2D eigenvalue weighted by Crippen LogP contribution is 2.13. The zero-order valence-corrected chi connectivity index (χ0v) is 14.3. The Morgan fingerprint density at radius 2 is 2.00 bits per heavy atom. The first-order chi connectivity index (χ1) is 9.25. The second kappa shape index (κ2) is 7.22. The van der Waals surface area contributed by atoms with Crippen LogP contribution in [-0.2, 0) is 9.84 Å². The van der Waals surface area contributed by atoms with Crippen LogP contribution in [0.3, 0.4) is 0 Å². The Morgan fingerprint density at radius 1 is 1.35 bits per heavy atom. The molecule has 0 aliphatic heterocycles. The van der Waals surface area contributed by atoms with E-state index in [0.717, 1.165) is 18.0 Å². The van der Waals surface area contributed by atoms with Crippen LogP contribution < -0.4 is 5.32 Å². The molecule has 4 nitrogen and oxygen atoms in total. The van der Waals surface area contributed by atoms with Crippen LogP contribution in [0.2, 0.25) is 0 Å². The highest BCUT2D eigenvalue weighted by atomic mass is 79.9. The van der Waals surface area contributed by atoms with Crippen LogP contribution in [0.15, 0.2) is 29.2 Å². The molecule has 0 saturated heterocycles. The molecule has 0 fully saturated rings. The van der Waals surface area contributed by atoms with Gasteiger partial charge in [0.15, 0.2) is 9.84 Å². The van der Waals surface area contributed by atoms with Gasteiger partial charge in [-0.1, -0.05) is 35.8 Å². The van der Waals surface area contributed by atoms with Crippen LogP contribution in [0.25, 0.3) is 0 Å². The van der Waals surface area contributed by atoms with Gasteiger partial charge in [0.25, 0.3) is 5.91 Å². The van der Waals surface area contributed by atoms with Gasteiger partial charge in [-0.2, -0.15) is 0 Å². The number of hydrogen-bond donors (Lipinski definition) is 1. The van der Waals surface area contributed by atoms with Crippen LogP contribution in [0.5, 0.6) is 0 Å². The minimum Gasteiger partial charge on any atom is -0.349 e. The van der Waals surface area contributed by atoms with Crippen molar-refractivity contribution in [2.24, 2.45) is 5.92 Å². The van der Waals surface area contributed by atoms with E-state index in [1.165, 1.54) is 12.1 Å². The van der Waals surface area contributed by atoms with Crippen LogP contribution in [0.4, 0.5) is 0 Å². The number of amides is 1. The highest BCUT2D eigenvalue weighted by molar-refractivity contribution is 9.09. The lowest BCUT2D eigenvalue weighted by molar-refractivity contribution is 0.0925. The second-order valence-corrected chi connectivity index (χ2v) is 7.91. The smallest absolute Gasteiger partial charge is 0.251 e. The summed E-state index contributed by atoms with van der Waals surface area (Å²) >= 11 is 3.37. The normalized spacial score (nSPS) is 13.2. The van der Waals surface area contributed by atoms with Crippen LogP contribution in [-0.4, -0.2) is 32.0 Å². The maximum absolute atomic E-state index is 12.2. The molecular weight excluding hydrogens is 342 g/mol. The van der Waals surface area contributed by atoms with Crippen molar-refractivity contribution < 1.29 is 13.2 Å². The molecule has 1 rings (SSSR count). The lowest BCUT2D eigenvalue weighted by Gasteiger charge is -2.21. The van der Waals surface area contributed by atoms with E-state index >= 15 is 0 Å². The van der Waals surface area contributed by atoms with Crippen molar-refractivity contribution in [2.45, 2.75) is 31.2 Å². The Labute approximate surface area is 129 Å². The third-order valence-corrected chi connectivity index (χ3v) is 4.63. The molecule has 0 heterocycles. The number of sulfone groups is 1. The van der Waals surface area contributed by atoms with Crippen LogP contribution in [0.1, 0.15) is 30.6 Å². The quantitative estimate of drug-likeness (QED) is 0.792. The maximum atomic E-state index is 12.2. The standard InChI is InChI=1S/C14H20BrNO3S/c1-10(2)13(7-8-15)16-14(17)11-5-4-6-12(9-11)20(3,18)19/h4-6,9-10,13H,7-8H2,1-3H3,(H,16,17). The largest absolute Gasteiger partial charge is 0.349 e. The summed E-state index contributed by atoms with van der Waals surface area (Å²) in [5.41, 5.74) is 0.369. The number of halogens is 1. The van der Waals surface area contributed by atoms with Gasteiger partial charge in [0.05, 0.1) is 4.90 Å². The Kier molecular flexibility index (Phi) is 6.20. The van der Waals surface area contributed by atoms with E-state index in [2.05, 4.69) is 21.2 Å². The molecule has 0 aliphatic carbocycles. The minimum atomic E-state index is -3.30. The number of carbonyl (C=O) groups is 1. The molecule has 0 aromatic heterocycles. The second-order valence-electron chi connectivity index (χ2n) is 5.10. The Bertz CT molecular complexity index is 570. The number of rotatable bonds is 6. The number of hydrogen-bond acceptors (Lipinski definition) is 3. The fourth-order valence-corrected chi connectivity index (χ4v) is 2.97. The lowest BCUT2D eigenvalue weighted by atomic mass is 10.0. The SMILES string of the molecule is CC(C)C(CCBr)NC(=O)c1cccc(S(C)(=O)=O)c1. The van der Waals surface area contributed by atoms with Gasteiger partial charge in [-0.25, -0.2) is 8.42 Å². The molecule has 1 aromatic rings. The third kappa shape index (κ3) is 4.90. The molecule has 1 N–H and O–H groups in total. The van der Waals surface area contributed by atoms with Gasteiger partial charge in [0.2, 0.25) is 0 Å². The predicted octanol–water partition coefficient (Wildman–Crippen LogP) is 2.63. The third-order valence-electron chi connectivity index (χ3n) is 3.07. The summed E-state index contributed by atoms with van der Waals surface area (Å²) in [6.45, 7) is 4.08. The molecule has 0 saturated carbocycles. The van der Waals surface area contributed by atoms with Crippen molar-refractivity contribution in [3.05, 3.63) is 29.8 Å².